The molecule has 1 amide bonds. The molecule has 0 fully saturated rings. The number of nitrogens with one attached hydrogen (secondary N) is 2. The Morgan fingerprint density at radius 1 is 1.10 bits per heavy atom. The van der Waals surface area contributed by atoms with Gasteiger partial charge in [0.1, 0.15) is 0 Å². The van der Waals surface area contributed by atoms with E-state index in [1.54, 1.807) is 11.3 Å². The maximum Gasteiger partial charge on any atom is 0.224 e. The fourth-order valence-electron chi connectivity index (χ4n) is 3.65. The second-order valence-electron chi connectivity index (χ2n) is 7.44. The zero-order valence-corrected chi connectivity index (χ0v) is 17.5. The quantitative estimate of drug-likeness (QED) is 0.466. The van der Waals surface area contributed by atoms with Crippen LogP contribution in [0, 0.1) is 0 Å². The molecule has 2 N–H and O–H groups in total. The second-order valence-corrected chi connectivity index (χ2v) is 8.22. The number of hydrogen-bond donors (Lipinski definition) is 2. The highest BCUT2D eigenvalue weighted by atomic mass is 32.1. The van der Waals surface area contributed by atoms with E-state index in [4.69, 9.17) is 0 Å². The van der Waals surface area contributed by atoms with Gasteiger partial charge in [-0.2, -0.15) is 11.3 Å². The van der Waals surface area contributed by atoms with E-state index in [2.05, 4.69) is 63.9 Å². The summed E-state index contributed by atoms with van der Waals surface area (Å²) in [4.78, 5) is 18.0. The van der Waals surface area contributed by atoms with Crippen molar-refractivity contribution in [3.05, 3.63) is 88.2 Å². The van der Waals surface area contributed by atoms with Crippen molar-refractivity contribution in [2.24, 2.45) is 0 Å². The van der Waals surface area contributed by atoms with E-state index in [0.717, 1.165) is 16.8 Å². The van der Waals surface area contributed by atoms with Crippen LogP contribution in [0.2, 0.25) is 0 Å². The Hall–Kier alpha value is -3.05. The molecule has 0 aliphatic rings. The molecule has 0 aliphatic carbocycles. The molecular formula is C24H25N3OS. The molecule has 0 bridgehead atoms. The van der Waals surface area contributed by atoms with Crippen LogP contribution < -0.4 is 10.2 Å². The summed E-state index contributed by atoms with van der Waals surface area (Å²) in [6.45, 7) is 0.562. The van der Waals surface area contributed by atoms with Crippen LogP contribution in [0.25, 0.3) is 10.9 Å². The van der Waals surface area contributed by atoms with Crippen molar-refractivity contribution >= 4 is 33.8 Å². The lowest BCUT2D eigenvalue weighted by Gasteiger charge is -2.20. The molecule has 0 spiro atoms. The van der Waals surface area contributed by atoms with E-state index >= 15 is 0 Å². The minimum Gasteiger partial charge on any atom is -0.378 e. The number of benzene rings is 2. The number of carbonyl (C=O) groups is 1. The molecule has 1 atom stereocenters. The Morgan fingerprint density at radius 3 is 2.62 bits per heavy atom. The lowest BCUT2D eigenvalue weighted by molar-refractivity contribution is -0.120. The molecule has 0 saturated heterocycles. The van der Waals surface area contributed by atoms with Gasteiger partial charge in [0.05, 0.1) is 6.42 Å². The lowest BCUT2D eigenvalue weighted by atomic mass is 9.90. The number of aromatic amines is 1. The molecule has 0 unspecified atom stereocenters. The molecule has 29 heavy (non-hydrogen) atoms. The summed E-state index contributed by atoms with van der Waals surface area (Å²) in [5.74, 6) is 0.131. The summed E-state index contributed by atoms with van der Waals surface area (Å²) in [6, 6.07) is 18.9. The molecule has 0 aliphatic heterocycles. The summed E-state index contributed by atoms with van der Waals surface area (Å²) in [5.41, 5.74) is 5.73. The minimum atomic E-state index is 0.0538. The van der Waals surface area contributed by atoms with E-state index < -0.39 is 0 Å². The first-order valence-corrected chi connectivity index (χ1v) is 10.7. The van der Waals surface area contributed by atoms with Crippen LogP contribution in [0.5, 0.6) is 0 Å². The van der Waals surface area contributed by atoms with Gasteiger partial charge in [-0.15, -0.1) is 0 Å². The fourth-order valence-corrected chi connectivity index (χ4v) is 4.32. The van der Waals surface area contributed by atoms with E-state index in [1.807, 2.05) is 37.0 Å². The van der Waals surface area contributed by atoms with Crippen molar-refractivity contribution in [3.63, 3.8) is 0 Å². The first kappa shape index (κ1) is 19.3. The van der Waals surface area contributed by atoms with Crippen molar-refractivity contribution in [2.45, 2.75) is 12.3 Å². The number of fused-ring (bicyclic) bond motifs is 1. The number of nitrogens with zero attached hydrogens (tertiary/aromatic N) is 1. The maximum atomic E-state index is 12.5. The molecule has 2 aromatic carbocycles. The van der Waals surface area contributed by atoms with Gasteiger partial charge in [0.15, 0.2) is 0 Å². The topological polar surface area (TPSA) is 48.1 Å². The summed E-state index contributed by atoms with van der Waals surface area (Å²) in [5, 5.41) is 8.38. The van der Waals surface area contributed by atoms with E-state index in [-0.39, 0.29) is 11.8 Å². The number of anilines is 1. The monoisotopic (exact) mass is 403 g/mol. The Balaban J connectivity index is 1.61. The van der Waals surface area contributed by atoms with Gasteiger partial charge in [-0.1, -0.05) is 30.3 Å². The van der Waals surface area contributed by atoms with Crippen molar-refractivity contribution in [2.75, 3.05) is 25.5 Å². The molecule has 0 radical (unpaired) electrons. The van der Waals surface area contributed by atoms with Crippen LogP contribution >= 0.6 is 11.3 Å². The van der Waals surface area contributed by atoms with Crippen molar-refractivity contribution < 1.29 is 4.79 Å². The van der Waals surface area contributed by atoms with E-state index in [1.165, 1.54) is 16.5 Å². The highest BCUT2D eigenvalue weighted by Crippen LogP contribution is 2.31. The van der Waals surface area contributed by atoms with Crippen LogP contribution in [0.15, 0.2) is 71.6 Å². The predicted octanol–water partition coefficient (Wildman–Crippen LogP) is 4.79. The molecule has 0 saturated carbocycles. The fraction of sp³-hybridized carbons (Fsp3) is 0.208. The Bertz CT molecular complexity index is 1080. The molecule has 4 rings (SSSR count). The molecule has 2 aromatic heterocycles. The van der Waals surface area contributed by atoms with Crippen molar-refractivity contribution in [1.29, 1.82) is 0 Å². The van der Waals surface area contributed by atoms with Crippen LogP contribution in [0.1, 0.15) is 22.6 Å². The zero-order chi connectivity index (χ0) is 20.2. The molecule has 148 valence electrons. The van der Waals surface area contributed by atoms with Gasteiger partial charge in [-0.05, 0) is 51.7 Å². The maximum absolute atomic E-state index is 12.5. The van der Waals surface area contributed by atoms with Gasteiger partial charge in [0.25, 0.3) is 0 Å². The third kappa shape index (κ3) is 4.35. The van der Waals surface area contributed by atoms with Gasteiger partial charge < -0.3 is 15.2 Å². The molecule has 4 aromatic rings. The van der Waals surface area contributed by atoms with Gasteiger partial charge in [-0.25, -0.2) is 0 Å². The molecular weight excluding hydrogens is 378 g/mol. The standard InChI is InChI=1S/C24H25N3OS/c1-27(2)19-9-7-18(8-10-19)21(14-26-24(28)13-17-11-12-29-16-17)22-15-25-23-6-4-3-5-20(22)23/h3-12,15-16,21,25H,13-14H2,1-2H3,(H,26,28)/t21-/m1/s1. The van der Waals surface area contributed by atoms with Crippen LogP contribution in [-0.4, -0.2) is 31.5 Å². The minimum absolute atomic E-state index is 0.0538. The van der Waals surface area contributed by atoms with Crippen LogP contribution in [-0.2, 0) is 11.2 Å². The number of rotatable bonds is 7. The van der Waals surface area contributed by atoms with Gasteiger partial charge >= 0.3 is 0 Å². The van der Waals surface area contributed by atoms with Crippen molar-refractivity contribution in [1.82, 2.24) is 10.3 Å². The van der Waals surface area contributed by atoms with Crippen LogP contribution in [0.4, 0.5) is 5.69 Å². The Labute approximate surface area is 175 Å². The van der Waals surface area contributed by atoms with Crippen LogP contribution in [0.3, 0.4) is 0 Å². The van der Waals surface area contributed by atoms with Gasteiger partial charge in [0.2, 0.25) is 5.91 Å². The average Bonchev–Trinajstić information content (AvgIpc) is 3.39. The van der Waals surface area contributed by atoms with Gasteiger partial charge in [-0.3, -0.25) is 4.79 Å². The Kier molecular flexibility index (Phi) is 5.67. The van der Waals surface area contributed by atoms with Crippen molar-refractivity contribution in [3.8, 4) is 0 Å². The first-order chi connectivity index (χ1) is 14.1. The van der Waals surface area contributed by atoms with Gasteiger partial charge in [0, 0.05) is 49.3 Å². The summed E-state index contributed by atoms with van der Waals surface area (Å²) in [7, 11) is 4.08. The SMILES string of the molecule is CN(C)c1ccc([C@@H](CNC(=O)Cc2ccsc2)c2c[nH]c3ccccc23)cc1. The zero-order valence-electron chi connectivity index (χ0n) is 16.7. The number of hydrogen-bond acceptors (Lipinski definition) is 3. The van der Waals surface area contributed by atoms with E-state index in [0.29, 0.717) is 13.0 Å². The Morgan fingerprint density at radius 2 is 1.90 bits per heavy atom. The third-order valence-corrected chi connectivity index (χ3v) is 5.99. The lowest BCUT2D eigenvalue weighted by Crippen LogP contribution is -2.30. The molecule has 2 heterocycles. The summed E-state index contributed by atoms with van der Waals surface area (Å²) < 4.78 is 0. The van der Waals surface area contributed by atoms with E-state index in [9.17, 15) is 4.79 Å². The summed E-state index contributed by atoms with van der Waals surface area (Å²) >= 11 is 1.62. The average molecular weight is 404 g/mol. The normalized spacial score (nSPS) is 12.1. The first-order valence-electron chi connectivity index (χ1n) is 9.73. The molecule has 4 nitrogen and oxygen atoms in total. The third-order valence-electron chi connectivity index (χ3n) is 5.26. The highest BCUT2D eigenvalue weighted by molar-refractivity contribution is 7.08. The smallest absolute Gasteiger partial charge is 0.224 e. The summed E-state index contributed by atoms with van der Waals surface area (Å²) in [6.07, 6.45) is 2.49. The number of aromatic nitrogens is 1. The number of H-pyrrole nitrogens is 1. The number of thiophene rings is 1. The largest absolute Gasteiger partial charge is 0.378 e. The number of amides is 1. The molecule has 5 heteroatoms. The highest BCUT2D eigenvalue weighted by Gasteiger charge is 2.19. The predicted molar refractivity (Wildman–Crippen MR) is 122 cm³/mol. The second kappa shape index (κ2) is 8.53. The number of carbonyl (C=O) groups excluding carboxylic acids is 1. The number of para-hydroxylation sites is 1.